The first kappa shape index (κ1) is 15.8. The predicted octanol–water partition coefficient (Wildman–Crippen LogP) is 4.84. The molecule has 0 bridgehead atoms. The summed E-state index contributed by atoms with van der Waals surface area (Å²) in [6.07, 6.45) is 2.89. The van der Waals surface area contributed by atoms with Gasteiger partial charge in [0.1, 0.15) is 0 Å². The standard InChI is InChI=1S/C21H18N2OS/c1-13-10-16(11-15-6-4-3-5-7-15)25-19(13)12-17-20-18(23-21(17)24)9-8-14(2)22-20/h3-10,12H,11H2,1-2H3,(H,23,24). The minimum atomic E-state index is -0.0782. The Morgan fingerprint density at radius 3 is 2.72 bits per heavy atom. The molecule has 0 aliphatic carbocycles. The average molecular weight is 346 g/mol. The summed E-state index contributed by atoms with van der Waals surface area (Å²) in [4.78, 5) is 19.3. The van der Waals surface area contributed by atoms with E-state index in [2.05, 4.69) is 47.6 Å². The number of aromatic nitrogens is 1. The normalized spacial score (nSPS) is 14.6. The first-order valence-corrected chi connectivity index (χ1v) is 9.06. The van der Waals surface area contributed by atoms with Gasteiger partial charge in [-0.1, -0.05) is 30.3 Å². The van der Waals surface area contributed by atoms with Crippen molar-refractivity contribution in [3.05, 3.63) is 80.8 Å². The van der Waals surface area contributed by atoms with Gasteiger partial charge in [0.25, 0.3) is 5.91 Å². The predicted molar refractivity (Wildman–Crippen MR) is 104 cm³/mol. The highest BCUT2D eigenvalue weighted by Gasteiger charge is 2.26. The summed E-state index contributed by atoms with van der Waals surface area (Å²) >= 11 is 1.74. The number of rotatable bonds is 3. The molecule has 1 aliphatic heterocycles. The largest absolute Gasteiger partial charge is 0.320 e. The molecule has 1 amide bonds. The average Bonchev–Trinajstić information content (AvgIpc) is 3.09. The van der Waals surface area contributed by atoms with Crippen LogP contribution in [0.15, 0.2) is 48.5 Å². The van der Waals surface area contributed by atoms with E-state index < -0.39 is 0 Å². The van der Waals surface area contributed by atoms with Crippen LogP contribution in [0, 0.1) is 13.8 Å². The number of aryl methyl sites for hydroxylation is 2. The summed E-state index contributed by atoms with van der Waals surface area (Å²) in [5, 5.41) is 2.90. The lowest BCUT2D eigenvalue weighted by Crippen LogP contribution is -2.03. The molecule has 4 rings (SSSR count). The molecule has 124 valence electrons. The van der Waals surface area contributed by atoms with E-state index in [0.717, 1.165) is 28.4 Å². The number of pyridine rings is 1. The quantitative estimate of drug-likeness (QED) is 0.689. The van der Waals surface area contributed by atoms with Crippen LogP contribution in [0.4, 0.5) is 5.69 Å². The van der Waals surface area contributed by atoms with Crippen LogP contribution in [0.5, 0.6) is 0 Å². The molecule has 4 heteroatoms. The molecule has 3 heterocycles. The first-order valence-electron chi connectivity index (χ1n) is 8.24. The van der Waals surface area contributed by atoms with Gasteiger partial charge in [-0.05, 0) is 49.2 Å². The maximum absolute atomic E-state index is 12.3. The number of carbonyl (C=O) groups excluding carboxylic acids is 1. The highest BCUT2D eigenvalue weighted by Crippen LogP contribution is 2.34. The number of carbonyl (C=O) groups is 1. The minimum Gasteiger partial charge on any atom is -0.320 e. The van der Waals surface area contributed by atoms with Crippen LogP contribution in [0.3, 0.4) is 0 Å². The molecule has 0 saturated carbocycles. The molecule has 0 unspecified atom stereocenters. The van der Waals surface area contributed by atoms with Gasteiger partial charge in [0.05, 0.1) is 17.0 Å². The van der Waals surface area contributed by atoms with Crippen LogP contribution < -0.4 is 5.32 Å². The number of amides is 1. The molecule has 1 N–H and O–H groups in total. The fourth-order valence-electron chi connectivity index (χ4n) is 3.02. The van der Waals surface area contributed by atoms with Gasteiger partial charge in [-0.25, -0.2) is 0 Å². The minimum absolute atomic E-state index is 0.0782. The second kappa shape index (κ2) is 6.30. The molecule has 1 aromatic carbocycles. The smallest absolute Gasteiger partial charge is 0.258 e. The fraction of sp³-hybridized carbons (Fsp3) is 0.143. The SMILES string of the molecule is Cc1ccc2c(n1)C(=Cc1sc(Cc3ccccc3)cc1C)C(=O)N2. The van der Waals surface area contributed by atoms with Crippen molar-refractivity contribution in [2.45, 2.75) is 20.3 Å². The van der Waals surface area contributed by atoms with Gasteiger partial charge in [-0.15, -0.1) is 11.3 Å². The molecule has 0 spiro atoms. The highest BCUT2D eigenvalue weighted by molar-refractivity contribution is 7.13. The molecule has 0 fully saturated rings. The monoisotopic (exact) mass is 346 g/mol. The van der Waals surface area contributed by atoms with Gasteiger partial charge >= 0.3 is 0 Å². The fourth-order valence-corrected chi connectivity index (χ4v) is 4.17. The van der Waals surface area contributed by atoms with Gasteiger partial charge in [0.15, 0.2) is 0 Å². The molecule has 3 aromatic rings. The van der Waals surface area contributed by atoms with Crippen molar-refractivity contribution in [1.82, 2.24) is 4.98 Å². The van der Waals surface area contributed by atoms with Crippen molar-refractivity contribution in [1.29, 1.82) is 0 Å². The van der Waals surface area contributed by atoms with Gasteiger partial charge in [0.2, 0.25) is 0 Å². The molecule has 2 aromatic heterocycles. The third-order valence-corrected chi connectivity index (χ3v) is 5.47. The Kier molecular flexibility index (Phi) is 3.98. The lowest BCUT2D eigenvalue weighted by atomic mass is 10.1. The molecule has 3 nitrogen and oxygen atoms in total. The maximum atomic E-state index is 12.3. The Hall–Kier alpha value is -2.72. The van der Waals surface area contributed by atoms with Crippen LogP contribution >= 0.6 is 11.3 Å². The van der Waals surface area contributed by atoms with Crippen molar-refractivity contribution < 1.29 is 4.79 Å². The summed E-state index contributed by atoms with van der Waals surface area (Å²) in [6, 6.07) is 16.5. The van der Waals surface area contributed by atoms with E-state index in [-0.39, 0.29) is 5.91 Å². The molecule has 0 atom stereocenters. The number of hydrogen-bond donors (Lipinski definition) is 1. The second-order valence-electron chi connectivity index (χ2n) is 6.28. The van der Waals surface area contributed by atoms with E-state index in [4.69, 9.17) is 0 Å². The zero-order chi connectivity index (χ0) is 17.4. The Morgan fingerprint density at radius 1 is 1.12 bits per heavy atom. The summed E-state index contributed by atoms with van der Waals surface area (Å²) in [6.45, 7) is 4.03. The zero-order valence-corrected chi connectivity index (χ0v) is 15.0. The van der Waals surface area contributed by atoms with Crippen molar-refractivity contribution in [2.75, 3.05) is 5.32 Å². The maximum Gasteiger partial charge on any atom is 0.258 e. The van der Waals surface area contributed by atoms with Crippen LogP contribution in [0.2, 0.25) is 0 Å². The number of benzene rings is 1. The van der Waals surface area contributed by atoms with E-state index in [1.165, 1.54) is 16.0 Å². The molecule has 1 aliphatic rings. The first-order chi connectivity index (χ1) is 12.1. The molecular formula is C21H18N2OS. The second-order valence-corrected chi connectivity index (χ2v) is 7.45. The highest BCUT2D eigenvalue weighted by atomic mass is 32.1. The van der Waals surface area contributed by atoms with E-state index in [9.17, 15) is 4.79 Å². The van der Waals surface area contributed by atoms with Crippen LogP contribution in [-0.4, -0.2) is 10.9 Å². The Balaban J connectivity index is 1.68. The van der Waals surface area contributed by atoms with Crippen LogP contribution in [0.1, 0.15) is 32.3 Å². The van der Waals surface area contributed by atoms with Crippen molar-refractivity contribution in [3.63, 3.8) is 0 Å². The van der Waals surface area contributed by atoms with Gasteiger partial charge in [-0.3, -0.25) is 9.78 Å². The molecule has 0 radical (unpaired) electrons. The number of fused-ring (bicyclic) bond motifs is 1. The number of anilines is 1. The van der Waals surface area contributed by atoms with E-state index >= 15 is 0 Å². The summed E-state index contributed by atoms with van der Waals surface area (Å²) in [5.41, 5.74) is 5.59. The van der Waals surface area contributed by atoms with Crippen LogP contribution in [0.25, 0.3) is 11.6 Å². The molecular weight excluding hydrogens is 328 g/mol. The lowest BCUT2D eigenvalue weighted by molar-refractivity contribution is -0.110. The van der Waals surface area contributed by atoms with Crippen molar-refractivity contribution in [2.24, 2.45) is 0 Å². The van der Waals surface area contributed by atoms with E-state index in [1.807, 2.05) is 31.2 Å². The van der Waals surface area contributed by atoms with Gasteiger partial charge < -0.3 is 5.32 Å². The Labute approximate surface area is 151 Å². The van der Waals surface area contributed by atoms with Crippen molar-refractivity contribution >= 4 is 34.6 Å². The lowest BCUT2D eigenvalue weighted by Gasteiger charge is -1.99. The number of thiophene rings is 1. The van der Waals surface area contributed by atoms with Gasteiger partial charge in [-0.2, -0.15) is 0 Å². The number of nitrogens with zero attached hydrogens (tertiary/aromatic N) is 1. The third-order valence-electron chi connectivity index (χ3n) is 4.29. The summed E-state index contributed by atoms with van der Waals surface area (Å²) < 4.78 is 0. The summed E-state index contributed by atoms with van der Waals surface area (Å²) in [5.74, 6) is -0.0782. The zero-order valence-electron chi connectivity index (χ0n) is 14.2. The van der Waals surface area contributed by atoms with Gasteiger partial charge in [0, 0.05) is 21.9 Å². The Bertz CT molecular complexity index is 986. The van der Waals surface area contributed by atoms with Crippen LogP contribution in [-0.2, 0) is 11.2 Å². The summed E-state index contributed by atoms with van der Waals surface area (Å²) in [7, 11) is 0. The number of nitrogens with one attached hydrogen (secondary N) is 1. The topological polar surface area (TPSA) is 42.0 Å². The molecule has 25 heavy (non-hydrogen) atoms. The van der Waals surface area contributed by atoms with E-state index in [0.29, 0.717) is 5.57 Å². The van der Waals surface area contributed by atoms with Crippen molar-refractivity contribution in [3.8, 4) is 0 Å². The molecule has 0 saturated heterocycles. The van der Waals surface area contributed by atoms with E-state index in [1.54, 1.807) is 11.3 Å². The third kappa shape index (κ3) is 3.13. The Morgan fingerprint density at radius 2 is 1.92 bits per heavy atom. The number of hydrogen-bond acceptors (Lipinski definition) is 3.